The molecule has 0 saturated heterocycles. The van der Waals surface area contributed by atoms with Crippen LogP contribution < -0.4 is 5.32 Å². The molecule has 0 saturated carbocycles. The van der Waals surface area contributed by atoms with Gasteiger partial charge in [-0.15, -0.1) is 0 Å². The van der Waals surface area contributed by atoms with Gasteiger partial charge in [0.05, 0.1) is 10.7 Å². The van der Waals surface area contributed by atoms with Gasteiger partial charge in [0.1, 0.15) is 5.69 Å². The molecule has 0 aliphatic carbocycles. The summed E-state index contributed by atoms with van der Waals surface area (Å²) in [6.07, 6.45) is 1.70. The van der Waals surface area contributed by atoms with E-state index in [4.69, 9.17) is 11.6 Å². The predicted octanol–water partition coefficient (Wildman–Crippen LogP) is 4.31. The molecule has 1 N–H and O–H groups in total. The summed E-state index contributed by atoms with van der Waals surface area (Å²) in [4.78, 5) is 12.2. The summed E-state index contributed by atoms with van der Waals surface area (Å²) < 4.78 is 2.58. The number of hydrogen-bond donors (Lipinski definition) is 1. The molecule has 100 valence electrons. The number of hydrogen-bond acceptors (Lipinski definition) is 1. The van der Waals surface area contributed by atoms with Crippen LogP contribution in [0.4, 0.5) is 5.69 Å². The minimum atomic E-state index is -0.179. The average molecular weight is 342 g/mol. The van der Waals surface area contributed by atoms with Gasteiger partial charge in [-0.25, -0.2) is 0 Å². The molecular weight excluding hydrogens is 328 g/mol. The third kappa shape index (κ3) is 3.01. The van der Waals surface area contributed by atoms with Crippen LogP contribution in [0.1, 0.15) is 21.6 Å². The fraction of sp³-hybridized carbons (Fsp3) is 0.214. The molecule has 0 bridgehead atoms. The Morgan fingerprint density at radius 2 is 2.00 bits per heavy atom. The lowest BCUT2D eigenvalue weighted by Crippen LogP contribution is -2.16. The summed E-state index contributed by atoms with van der Waals surface area (Å²) in [6.45, 7) is 3.98. The van der Waals surface area contributed by atoms with Crippen molar-refractivity contribution in [1.82, 2.24) is 4.57 Å². The highest BCUT2D eigenvalue weighted by molar-refractivity contribution is 9.10. The lowest BCUT2D eigenvalue weighted by molar-refractivity contribution is 0.101. The molecule has 1 heterocycles. The summed E-state index contributed by atoms with van der Waals surface area (Å²) in [5, 5.41) is 3.46. The van der Waals surface area contributed by atoms with Crippen molar-refractivity contribution in [1.29, 1.82) is 0 Å². The lowest BCUT2D eigenvalue weighted by atomic mass is 10.1. The molecule has 19 heavy (non-hydrogen) atoms. The summed E-state index contributed by atoms with van der Waals surface area (Å²) in [7, 11) is 1.79. The molecule has 1 amide bonds. The van der Waals surface area contributed by atoms with E-state index in [0.717, 1.165) is 21.3 Å². The number of anilines is 1. The minimum Gasteiger partial charge on any atom is -0.345 e. The zero-order valence-electron chi connectivity index (χ0n) is 10.9. The highest BCUT2D eigenvalue weighted by atomic mass is 79.9. The topological polar surface area (TPSA) is 34.0 Å². The van der Waals surface area contributed by atoms with Crippen LogP contribution in [-0.4, -0.2) is 10.5 Å². The molecule has 2 rings (SSSR count). The van der Waals surface area contributed by atoms with Gasteiger partial charge in [-0.05, 0) is 53.0 Å². The Bertz CT molecular complexity index is 626. The Labute approximate surface area is 125 Å². The number of halogens is 2. The standard InChI is InChI=1S/C14H14BrClN2O/c1-8-4-9(2)13(11(15)5-8)17-14(19)12-6-10(16)7-18(12)3/h4-7H,1-3H3,(H,17,19). The molecule has 0 atom stereocenters. The van der Waals surface area contributed by atoms with Gasteiger partial charge < -0.3 is 9.88 Å². The molecular formula is C14H14BrClN2O. The van der Waals surface area contributed by atoms with Gasteiger partial charge in [0, 0.05) is 17.7 Å². The zero-order chi connectivity index (χ0) is 14.2. The van der Waals surface area contributed by atoms with Crippen LogP contribution in [0.2, 0.25) is 5.02 Å². The second kappa shape index (κ2) is 5.39. The molecule has 0 radical (unpaired) electrons. The van der Waals surface area contributed by atoms with Gasteiger partial charge in [0.25, 0.3) is 5.91 Å². The molecule has 2 aromatic rings. The molecule has 0 aliphatic rings. The Morgan fingerprint density at radius 3 is 2.53 bits per heavy atom. The second-order valence-corrected chi connectivity index (χ2v) is 5.84. The van der Waals surface area contributed by atoms with E-state index in [-0.39, 0.29) is 5.91 Å². The van der Waals surface area contributed by atoms with Crippen LogP contribution in [0, 0.1) is 13.8 Å². The maximum absolute atomic E-state index is 12.2. The van der Waals surface area contributed by atoms with Crippen molar-refractivity contribution in [3.05, 3.63) is 50.7 Å². The lowest BCUT2D eigenvalue weighted by Gasteiger charge is -2.12. The van der Waals surface area contributed by atoms with Crippen molar-refractivity contribution in [2.24, 2.45) is 7.05 Å². The molecule has 1 aromatic carbocycles. The molecule has 0 unspecified atom stereocenters. The van der Waals surface area contributed by atoms with Gasteiger partial charge >= 0.3 is 0 Å². The molecule has 5 heteroatoms. The largest absolute Gasteiger partial charge is 0.345 e. The number of aromatic nitrogens is 1. The smallest absolute Gasteiger partial charge is 0.272 e. The fourth-order valence-corrected chi connectivity index (χ4v) is 3.02. The van der Waals surface area contributed by atoms with Gasteiger partial charge in [-0.2, -0.15) is 0 Å². The van der Waals surface area contributed by atoms with Crippen molar-refractivity contribution in [2.45, 2.75) is 13.8 Å². The maximum Gasteiger partial charge on any atom is 0.272 e. The normalized spacial score (nSPS) is 10.6. The van der Waals surface area contributed by atoms with E-state index in [1.165, 1.54) is 0 Å². The molecule has 0 fully saturated rings. The molecule has 0 spiro atoms. The van der Waals surface area contributed by atoms with Crippen LogP contribution in [0.3, 0.4) is 0 Å². The zero-order valence-corrected chi connectivity index (χ0v) is 13.3. The first-order chi connectivity index (χ1) is 8.88. The highest BCUT2D eigenvalue weighted by Gasteiger charge is 2.14. The first kappa shape index (κ1) is 14.2. The van der Waals surface area contributed by atoms with Gasteiger partial charge in [0.15, 0.2) is 0 Å². The number of aryl methyl sites for hydroxylation is 3. The van der Waals surface area contributed by atoms with Gasteiger partial charge in [-0.1, -0.05) is 17.7 Å². The van der Waals surface area contributed by atoms with Crippen LogP contribution >= 0.6 is 27.5 Å². The Hall–Kier alpha value is -1.26. The molecule has 0 aliphatic heterocycles. The Kier molecular flexibility index (Phi) is 4.02. The van der Waals surface area contributed by atoms with Crippen LogP contribution in [0.5, 0.6) is 0 Å². The predicted molar refractivity (Wildman–Crippen MR) is 82.0 cm³/mol. The number of amides is 1. The van der Waals surface area contributed by atoms with Crippen molar-refractivity contribution < 1.29 is 4.79 Å². The SMILES string of the molecule is Cc1cc(C)c(NC(=O)c2cc(Cl)cn2C)c(Br)c1. The van der Waals surface area contributed by atoms with E-state index in [1.807, 2.05) is 26.0 Å². The number of rotatable bonds is 2. The van der Waals surface area contributed by atoms with Crippen LogP contribution in [-0.2, 0) is 7.05 Å². The van der Waals surface area contributed by atoms with E-state index >= 15 is 0 Å². The summed E-state index contributed by atoms with van der Waals surface area (Å²) in [6, 6.07) is 5.65. The van der Waals surface area contributed by atoms with Crippen molar-refractivity contribution in [3.63, 3.8) is 0 Å². The van der Waals surface area contributed by atoms with E-state index < -0.39 is 0 Å². The van der Waals surface area contributed by atoms with E-state index in [2.05, 4.69) is 21.2 Å². The second-order valence-electron chi connectivity index (χ2n) is 4.55. The first-order valence-corrected chi connectivity index (χ1v) is 6.95. The molecule has 3 nitrogen and oxygen atoms in total. The fourth-order valence-electron chi connectivity index (χ4n) is 2.00. The maximum atomic E-state index is 12.2. The van der Waals surface area contributed by atoms with Crippen molar-refractivity contribution in [3.8, 4) is 0 Å². The first-order valence-electron chi connectivity index (χ1n) is 5.78. The quantitative estimate of drug-likeness (QED) is 0.867. The Balaban J connectivity index is 2.32. The Morgan fingerprint density at radius 1 is 1.32 bits per heavy atom. The molecule has 1 aromatic heterocycles. The third-order valence-electron chi connectivity index (χ3n) is 2.87. The number of nitrogens with zero attached hydrogens (tertiary/aromatic N) is 1. The summed E-state index contributed by atoms with van der Waals surface area (Å²) >= 11 is 9.36. The number of carbonyl (C=O) groups excluding carboxylic acids is 1. The van der Waals surface area contributed by atoms with Crippen LogP contribution in [0.25, 0.3) is 0 Å². The monoisotopic (exact) mass is 340 g/mol. The van der Waals surface area contributed by atoms with E-state index in [0.29, 0.717) is 10.7 Å². The summed E-state index contributed by atoms with van der Waals surface area (Å²) in [5.41, 5.74) is 3.47. The number of carbonyl (C=O) groups is 1. The minimum absolute atomic E-state index is 0.179. The van der Waals surface area contributed by atoms with E-state index in [1.54, 1.807) is 23.9 Å². The summed E-state index contributed by atoms with van der Waals surface area (Å²) in [5.74, 6) is -0.179. The van der Waals surface area contributed by atoms with Crippen molar-refractivity contribution in [2.75, 3.05) is 5.32 Å². The number of benzene rings is 1. The number of nitrogens with one attached hydrogen (secondary N) is 1. The third-order valence-corrected chi connectivity index (χ3v) is 3.71. The van der Waals surface area contributed by atoms with E-state index in [9.17, 15) is 4.79 Å². The highest BCUT2D eigenvalue weighted by Crippen LogP contribution is 2.28. The van der Waals surface area contributed by atoms with Gasteiger partial charge in [0.2, 0.25) is 0 Å². The van der Waals surface area contributed by atoms with Gasteiger partial charge in [-0.3, -0.25) is 4.79 Å². The van der Waals surface area contributed by atoms with Crippen LogP contribution in [0.15, 0.2) is 28.9 Å². The van der Waals surface area contributed by atoms with Crippen molar-refractivity contribution >= 4 is 39.1 Å². The average Bonchev–Trinajstić information content (AvgIpc) is 2.62.